The van der Waals surface area contributed by atoms with Crippen molar-refractivity contribution < 1.29 is 20.1 Å². The summed E-state index contributed by atoms with van der Waals surface area (Å²) in [6, 6.07) is 32.4. The zero-order valence-corrected chi connectivity index (χ0v) is 20.1. The SMILES string of the molecule is C[P+](C)(C)c1cc[c-]c(-c2ccccn2)c1.[Ir].[c-]1ccccc1-c1ccccn1. The molecule has 0 aliphatic rings. The molecular weight excluding hydrogens is 551 g/mol. The van der Waals surface area contributed by atoms with Crippen LogP contribution >= 0.6 is 7.26 Å². The van der Waals surface area contributed by atoms with Crippen LogP contribution in [0, 0.1) is 12.1 Å². The van der Waals surface area contributed by atoms with Gasteiger partial charge in [-0.3, -0.25) is 0 Å². The third-order valence-corrected chi connectivity index (χ3v) is 5.98. The summed E-state index contributed by atoms with van der Waals surface area (Å²) in [5.41, 5.74) is 4.10. The Morgan fingerprint density at radius 1 is 0.655 bits per heavy atom. The van der Waals surface area contributed by atoms with Gasteiger partial charge in [-0.05, 0) is 23.5 Å². The molecule has 4 heteroatoms. The quantitative estimate of drug-likeness (QED) is 0.234. The Labute approximate surface area is 188 Å². The Bertz CT molecular complexity index is 948. The van der Waals surface area contributed by atoms with Crippen LogP contribution in [0.25, 0.3) is 22.5 Å². The largest absolute Gasteiger partial charge is 0.305 e. The maximum absolute atomic E-state index is 4.35. The summed E-state index contributed by atoms with van der Waals surface area (Å²) in [5, 5.41) is 1.42. The molecule has 0 fully saturated rings. The number of aromatic nitrogens is 2. The van der Waals surface area contributed by atoms with Crippen LogP contribution in [0.5, 0.6) is 0 Å². The Kier molecular flexibility index (Phi) is 8.86. The molecule has 0 aliphatic heterocycles. The Morgan fingerprint density at radius 2 is 1.24 bits per heavy atom. The van der Waals surface area contributed by atoms with Gasteiger partial charge < -0.3 is 9.97 Å². The van der Waals surface area contributed by atoms with Crippen LogP contribution in [0.1, 0.15) is 0 Å². The van der Waals surface area contributed by atoms with Crippen molar-refractivity contribution in [1.82, 2.24) is 9.97 Å². The van der Waals surface area contributed by atoms with Gasteiger partial charge in [0.05, 0.1) is 20.0 Å². The second kappa shape index (κ2) is 11.1. The van der Waals surface area contributed by atoms with E-state index in [0.29, 0.717) is 0 Å². The first kappa shape index (κ1) is 23.1. The Balaban J connectivity index is 0.000000207. The van der Waals surface area contributed by atoms with E-state index in [0.717, 1.165) is 22.5 Å². The zero-order valence-electron chi connectivity index (χ0n) is 16.8. The monoisotopic (exact) mass is 576 g/mol. The summed E-state index contributed by atoms with van der Waals surface area (Å²) in [7, 11) is -0.963. The number of hydrogen-bond donors (Lipinski definition) is 0. The molecular formula is C25H24IrN2P-. The minimum absolute atomic E-state index is 0. The van der Waals surface area contributed by atoms with Gasteiger partial charge in [-0.25, -0.2) is 0 Å². The molecule has 2 heterocycles. The van der Waals surface area contributed by atoms with Crippen molar-refractivity contribution in [3.8, 4) is 22.5 Å². The molecule has 4 rings (SSSR count). The van der Waals surface area contributed by atoms with Gasteiger partial charge in [-0.15, -0.1) is 65.7 Å². The second-order valence-corrected chi connectivity index (χ2v) is 11.7. The van der Waals surface area contributed by atoms with Crippen molar-refractivity contribution in [2.45, 2.75) is 0 Å². The topological polar surface area (TPSA) is 25.8 Å². The van der Waals surface area contributed by atoms with Crippen LogP contribution in [0.2, 0.25) is 0 Å². The van der Waals surface area contributed by atoms with Gasteiger partial charge >= 0.3 is 0 Å². The van der Waals surface area contributed by atoms with Crippen molar-refractivity contribution >= 4 is 12.6 Å². The van der Waals surface area contributed by atoms with Gasteiger partial charge in [0.15, 0.2) is 0 Å². The van der Waals surface area contributed by atoms with E-state index in [9.17, 15) is 0 Å². The smallest absolute Gasteiger partial charge is 0.0515 e. The molecule has 29 heavy (non-hydrogen) atoms. The summed E-state index contributed by atoms with van der Waals surface area (Å²) >= 11 is 0. The van der Waals surface area contributed by atoms with E-state index in [4.69, 9.17) is 0 Å². The summed E-state index contributed by atoms with van der Waals surface area (Å²) in [6.07, 6.45) is 3.61. The predicted octanol–water partition coefficient (Wildman–Crippen LogP) is 5.63. The van der Waals surface area contributed by atoms with Crippen LogP contribution in [0.15, 0.2) is 91.3 Å². The van der Waals surface area contributed by atoms with Gasteiger partial charge in [0, 0.05) is 45.1 Å². The predicted molar refractivity (Wildman–Crippen MR) is 121 cm³/mol. The van der Waals surface area contributed by atoms with Crippen molar-refractivity contribution in [2.24, 2.45) is 0 Å². The third-order valence-electron chi connectivity index (χ3n) is 4.15. The first-order chi connectivity index (χ1) is 13.5. The normalized spacial score (nSPS) is 10.3. The average molecular weight is 576 g/mol. The number of nitrogens with zero attached hydrogens (tertiary/aromatic N) is 2. The molecule has 1 radical (unpaired) electrons. The van der Waals surface area contributed by atoms with E-state index in [2.05, 4.69) is 54.2 Å². The fourth-order valence-electron chi connectivity index (χ4n) is 2.62. The first-order valence-electron chi connectivity index (χ1n) is 9.17. The van der Waals surface area contributed by atoms with E-state index >= 15 is 0 Å². The molecule has 0 atom stereocenters. The summed E-state index contributed by atoms with van der Waals surface area (Å²) in [6.45, 7) is 6.97. The van der Waals surface area contributed by atoms with Gasteiger partial charge in [0.1, 0.15) is 0 Å². The van der Waals surface area contributed by atoms with Gasteiger partial charge in [0.2, 0.25) is 0 Å². The molecule has 0 saturated heterocycles. The van der Waals surface area contributed by atoms with E-state index in [1.54, 1.807) is 6.20 Å². The molecule has 0 N–H and O–H groups in total. The fourth-order valence-corrected chi connectivity index (χ4v) is 3.65. The van der Waals surface area contributed by atoms with E-state index in [-0.39, 0.29) is 20.1 Å². The molecule has 0 saturated carbocycles. The van der Waals surface area contributed by atoms with Crippen molar-refractivity contribution in [3.05, 3.63) is 103 Å². The van der Waals surface area contributed by atoms with Crippen LogP contribution in [-0.4, -0.2) is 30.0 Å². The van der Waals surface area contributed by atoms with Gasteiger partial charge in [0.25, 0.3) is 0 Å². The second-order valence-electron chi connectivity index (χ2n) is 7.18. The molecule has 0 amide bonds. The maximum Gasteiger partial charge on any atom is 0.0515 e. The molecule has 2 nitrogen and oxygen atoms in total. The zero-order chi connectivity index (χ0) is 19.8. The maximum atomic E-state index is 4.35. The minimum Gasteiger partial charge on any atom is -0.305 e. The summed E-state index contributed by atoms with van der Waals surface area (Å²) < 4.78 is 0. The fraction of sp³-hybridized carbons (Fsp3) is 0.120. The van der Waals surface area contributed by atoms with E-state index in [1.807, 2.05) is 72.9 Å². The molecule has 0 unspecified atom stereocenters. The summed E-state index contributed by atoms with van der Waals surface area (Å²) in [5.74, 6) is 0. The third kappa shape index (κ3) is 6.98. The number of rotatable bonds is 3. The molecule has 4 aromatic rings. The van der Waals surface area contributed by atoms with Crippen LogP contribution in [0.3, 0.4) is 0 Å². The standard InChI is InChI=1S/C14H16NP.C11H8N.Ir/c1-16(2,3)13-8-6-7-12(11-13)14-9-4-5-10-15-14;1-2-6-10(7-3-1)11-8-4-5-9-12-11;/h4-6,8-11H,1-3H3;1-6,8-9H;/q;-1;. The molecule has 0 aliphatic carbocycles. The van der Waals surface area contributed by atoms with Crippen LogP contribution in [-0.2, 0) is 20.1 Å². The Morgan fingerprint density at radius 3 is 1.76 bits per heavy atom. The van der Waals surface area contributed by atoms with Crippen LogP contribution in [0.4, 0.5) is 0 Å². The number of benzene rings is 2. The van der Waals surface area contributed by atoms with Crippen LogP contribution < -0.4 is 5.30 Å². The average Bonchev–Trinajstić information content (AvgIpc) is 2.76. The molecule has 149 valence electrons. The van der Waals surface area contributed by atoms with Crippen molar-refractivity contribution in [3.63, 3.8) is 0 Å². The van der Waals surface area contributed by atoms with Gasteiger partial charge in [-0.2, -0.15) is 0 Å². The summed E-state index contributed by atoms with van der Waals surface area (Å²) in [4.78, 5) is 8.57. The van der Waals surface area contributed by atoms with E-state index in [1.165, 1.54) is 5.30 Å². The van der Waals surface area contributed by atoms with Crippen molar-refractivity contribution in [2.75, 3.05) is 20.0 Å². The first-order valence-corrected chi connectivity index (χ1v) is 12.3. The van der Waals surface area contributed by atoms with E-state index < -0.39 is 7.26 Å². The molecule has 0 bridgehead atoms. The molecule has 2 aromatic carbocycles. The van der Waals surface area contributed by atoms with Gasteiger partial charge in [-0.1, -0.05) is 24.3 Å². The molecule has 0 spiro atoms. The van der Waals surface area contributed by atoms with Crippen molar-refractivity contribution in [1.29, 1.82) is 0 Å². The molecule has 2 aromatic heterocycles. The number of pyridine rings is 2. The number of hydrogen-bond acceptors (Lipinski definition) is 2. The Hall–Kier alpha value is -2.18. The minimum atomic E-state index is -0.963.